The normalized spacial score (nSPS) is 19.1. The van der Waals surface area contributed by atoms with Crippen LogP contribution in [0.4, 0.5) is 15.9 Å². The summed E-state index contributed by atoms with van der Waals surface area (Å²) in [7, 11) is 0. The minimum atomic E-state index is -0.419. The molecule has 172 valence electrons. The van der Waals surface area contributed by atoms with Crippen molar-refractivity contribution in [3.05, 3.63) is 59.9 Å². The Morgan fingerprint density at radius 1 is 1.00 bits per heavy atom. The first-order chi connectivity index (χ1) is 16.1. The largest absolute Gasteiger partial charge is 0.368 e. The molecule has 1 amide bonds. The van der Waals surface area contributed by atoms with Gasteiger partial charge in [0.1, 0.15) is 12.1 Å². The number of rotatable bonds is 4. The third-order valence-electron chi connectivity index (χ3n) is 6.36. The summed E-state index contributed by atoms with van der Waals surface area (Å²) in [6.45, 7) is 4.19. The second-order valence-corrected chi connectivity index (χ2v) is 8.82. The van der Waals surface area contributed by atoms with Crippen LogP contribution in [0.25, 0.3) is 5.82 Å². The number of carbonyl (C=O) groups is 1. The van der Waals surface area contributed by atoms with Gasteiger partial charge < -0.3 is 14.7 Å². The molecule has 0 bridgehead atoms. The molecule has 2 aliphatic heterocycles. The predicted octanol–water partition coefficient (Wildman–Crippen LogP) is 3.02. The van der Waals surface area contributed by atoms with Gasteiger partial charge in [0.2, 0.25) is 5.91 Å². The van der Waals surface area contributed by atoms with Crippen LogP contribution in [0.2, 0.25) is 5.02 Å². The first-order valence-electron chi connectivity index (χ1n) is 11.1. The summed E-state index contributed by atoms with van der Waals surface area (Å²) in [4.78, 5) is 23.5. The van der Waals surface area contributed by atoms with Crippen LogP contribution in [0, 0.1) is 11.7 Å². The first kappa shape index (κ1) is 21.6. The van der Waals surface area contributed by atoms with Crippen molar-refractivity contribution in [2.75, 3.05) is 49.1 Å². The fourth-order valence-corrected chi connectivity index (χ4v) is 4.71. The average Bonchev–Trinajstić information content (AvgIpc) is 3.41. The number of piperidine rings is 1. The van der Waals surface area contributed by atoms with Gasteiger partial charge >= 0.3 is 0 Å². The van der Waals surface area contributed by atoms with E-state index in [-0.39, 0.29) is 16.8 Å². The number of piperazine rings is 1. The molecule has 1 aromatic carbocycles. The summed E-state index contributed by atoms with van der Waals surface area (Å²) in [5, 5.41) is 8.80. The van der Waals surface area contributed by atoms with E-state index in [1.165, 1.54) is 6.07 Å². The average molecular weight is 470 g/mol. The van der Waals surface area contributed by atoms with Crippen LogP contribution in [-0.2, 0) is 4.79 Å². The lowest BCUT2D eigenvalue weighted by Crippen LogP contribution is -2.52. The molecule has 2 aromatic heterocycles. The number of hydrogen-bond donors (Lipinski definition) is 0. The van der Waals surface area contributed by atoms with Crippen molar-refractivity contribution in [3.63, 3.8) is 0 Å². The number of anilines is 2. The molecule has 5 rings (SSSR count). The lowest BCUT2D eigenvalue weighted by atomic mass is 9.96. The van der Waals surface area contributed by atoms with Gasteiger partial charge in [-0.2, -0.15) is 0 Å². The second-order valence-electron chi connectivity index (χ2n) is 8.42. The number of carbonyl (C=O) groups excluding carboxylic acids is 1. The predicted molar refractivity (Wildman–Crippen MR) is 124 cm³/mol. The summed E-state index contributed by atoms with van der Waals surface area (Å²) in [5.74, 6) is 1.22. The number of aromatic nitrogens is 4. The topological polar surface area (TPSA) is 70.4 Å². The van der Waals surface area contributed by atoms with E-state index in [9.17, 15) is 9.18 Å². The Morgan fingerprint density at radius 2 is 1.79 bits per heavy atom. The van der Waals surface area contributed by atoms with Crippen molar-refractivity contribution < 1.29 is 9.18 Å². The Hall–Kier alpha value is -3.20. The summed E-state index contributed by atoms with van der Waals surface area (Å²) >= 11 is 5.93. The van der Waals surface area contributed by atoms with E-state index in [1.807, 2.05) is 23.2 Å². The molecule has 2 aliphatic rings. The molecule has 8 nitrogen and oxygen atoms in total. The molecule has 1 unspecified atom stereocenters. The zero-order chi connectivity index (χ0) is 22.8. The van der Waals surface area contributed by atoms with Crippen LogP contribution in [0.3, 0.4) is 0 Å². The molecule has 0 saturated carbocycles. The van der Waals surface area contributed by atoms with Gasteiger partial charge in [-0.15, -0.1) is 10.2 Å². The van der Waals surface area contributed by atoms with Crippen LogP contribution in [-0.4, -0.2) is 69.8 Å². The molecule has 33 heavy (non-hydrogen) atoms. The Labute approximate surface area is 196 Å². The van der Waals surface area contributed by atoms with Crippen LogP contribution in [0.1, 0.15) is 12.8 Å². The highest BCUT2D eigenvalue weighted by Gasteiger charge is 2.31. The lowest BCUT2D eigenvalue weighted by molar-refractivity contribution is -0.136. The molecule has 10 heteroatoms. The van der Waals surface area contributed by atoms with Crippen molar-refractivity contribution in [2.45, 2.75) is 12.8 Å². The van der Waals surface area contributed by atoms with E-state index in [0.29, 0.717) is 38.5 Å². The van der Waals surface area contributed by atoms with Gasteiger partial charge in [0.15, 0.2) is 11.6 Å². The van der Waals surface area contributed by atoms with Gasteiger partial charge in [-0.1, -0.05) is 11.6 Å². The van der Waals surface area contributed by atoms with Gasteiger partial charge in [-0.25, -0.2) is 9.37 Å². The maximum absolute atomic E-state index is 13.5. The number of nitrogens with zero attached hydrogens (tertiary/aromatic N) is 7. The molecule has 0 radical (unpaired) electrons. The van der Waals surface area contributed by atoms with E-state index < -0.39 is 5.82 Å². The third kappa shape index (κ3) is 4.64. The van der Waals surface area contributed by atoms with Crippen LogP contribution in [0.5, 0.6) is 0 Å². The summed E-state index contributed by atoms with van der Waals surface area (Å²) in [5.41, 5.74) is 0.884. The van der Waals surface area contributed by atoms with Crippen LogP contribution in [0.15, 0.2) is 49.1 Å². The van der Waals surface area contributed by atoms with Gasteiger partial charge in [0.05, 0.1) is 10.9 Å². The minimum Gasteiger partial charge on any atom is -0.368 e. The zero-order valence-electron chi connectivity index (χ0n) is 18.1. The maximum atomic E-state index is 13.5. The highest BCUT2D eigenvalue weighted by atomic mass is 35.5. The van der Waals surface area contributed by atoms with Gasteiger partial charge in [-0.3, -0.25) is 9.36 Å². The summed E-state index contributed by atoms with van der Waals surface area (Å²) < 4.78 is 15.3. The Morgan fingerprint density at radius 3 is 2.48 bits per heavy atom. The Balaban J connectivity index is 1.18. The number of imidazole rings is 1. The second kappa shape index (κ2) is 9.35. The van der Waals surface area contributed by atoms with E-state index in [1.54, 1.807) is 29.2 Å². The molecule has 4 heterocycles. The number of amides is 1. The van der Waals surface area contributed by atoms with Gasteiger partial charge in [0, 0.05) is 57.3 Å². The fourth-order valence-electron chi connectivity index (χ4n) is 4.53. The van der Waals surface area contributed by atoms with E-state index in [4.69, 9.17) is 11.6 Å². The fraction of sp³-hybridized carbons (Fsp3) is 0.391. The van der Waals surface area contributed by atoms with E-state index in [2.05, 4.69) is 25.0 Å². The summed E-state index contributed by atoms with van der Waals surface area (Å²) in [6.07, 6.45) is 7.03. The quantitative estimate of drug-likeness (QED) is 0.585. The highest BCUT2D eigenvalue weighted by Crippen LogP contribution is 2.26. The zero-order valence-corrected chi connectivity index (χ0v) is 18.9. The van der Waals surface area contributed by atoms with Crippen LogP contribution >= 0.6 is 11.6 Å². The molecule has 3 aromatic rings. The molecular formula is C23H25ClFN7O. The third-order valence-corrected chi connectivity index (χ3v) is 6.65. The van der Waals surface area contributed by atoms with E-state index in [0.717, 1.165) is 30.9 Å². The molecule has 2 saturated heterocycles. The highest BCUT2D eigenvalue weighted by molar-refractivity contribution is 6.31. The molecule has 1 atom stereocenters. The maximum Gasteiger partial charge on any atom is 0.227 e. The molecule has 0 N–H and O–H groups in total. The Bertz CT molecular complexity index is 1100. The smallest absolute Gasteiger partial charge is 0.227 e. The Kier molecular flexibility index (Phi) is 6.13. The molecule has 2 fully saturated rings. The number of hydrogen-bond acceptors (Lipinski definition) is 6. The molecular weight excluding hydrogens is 445 g/mol. The number of benzene rings is 1. The molecule has 0 spiro atoms. The standard InChI is InChI=1S/C23H25ClFN7O/c24-19-14-18(3-4-20(19)25)29-10-12-30(13-11-29)23(33)17-2-1-8-31(15-17)21-5-6-22(28-27-21)32-9-7-26-16-32/h3-7,9,14,16-17H,1-2,8,10-13,15H2. The summed E-state index contributed by atoms with van der Waals surface area (Å²) in [6, 6.07) is 8.62. The van der Waals surface area contributed by atoms with Crippen molar-refractivity contribution in [1.29, 1.82) is 0 Å². The van der Waals surface area contributed by atoms with Gasteiger partial charge in [0.25, 0.3) is 0 Å². The lowest BCUT2D eigenvalue weighted by Gasteiger charge is -2.40. The van der Waals surface area contributed by atoms with Crippen molar-refractivity contribution >= 4 is 29.0 Å². The SMILES string of the molecule is O=C(C1CCCN(c2ccc(-n3ccnc3)nn2)C1)N1CCN(c2ccc(F)c(Cl)c2)CC1. The van der Waals surface area contributed by atoms with Gasteiger partial charge in [-0.05, 0) is 43.2 Å². The van der Waals surface area contributed by atoms with Crippen LogP contribution < -0.4 is 9.80 Å². The van der Waals surface area contributed by atoms with Crippen molar-refractivity contribution in [2.24, 2.45) is 5.92 Å². The molecule has 0 aliphatic carbocycles. The monoisotopic (exact) mass is 469 g/mol. The van der Waals surface area contributed by atoms with E-state index >= 15 is 0 Å². The van der Waals surface area contributed by atoms with Crippen molar-refractivity contribution in [3.8, 4) is 5.82 Å². The number of halogens is 2. The first-order valence-corrected chi connectivity index (χ1v) is 11.5. The van der Waals surface area contributed by atoms with Crippen molar-refractivity contribution in [1.82, 2.24) is 24.6 Å². The minimum absolute atomic E-state index is 0.0549.